The van der Waals surface area contributed by atoms with Gasteiger partial charge in [0.05, 0.1) is 19.1 Å². The number of cyclic esters (lactones) is 1. The highest BCUT2D eigenvalue weighted by atomic mass is 16.6. The zero-order valence-electron chi connectivity index (χ0n) is 67.7. The van der Waals surface area contributed by atoms with E-state index in [2.05, 4.69) is 63.8 Å². The van der Waals surface area contributed by atoms with Gasteiger partial charge in [-0.1, -0.05) is 146 Å². The Kier molecular flexibility index (Phi) is 40.4. The number of allylic oxidation sites excluding steroid dienone is 1. The first-order chi connectivity index (χ1) is 52.1. The van der Waals surface area contributed by atoms with Crippen molar-refractivity contribution < 1.29 is 96.0 Å². The predicted molar refractivity (Wildman–Crippen MR) is 408 cm³/mol. The van der Waals surface area contributed by atoms with Gasteiger partial charge < -0.3 is 93.8 Å². The van der Waals surface area contributed by atoms with Crippen LogP contribution in [0.1, 0.15) is 188 Å². The minimum Gasteiger partial charge on any atom is -0.466 e. The van der Waals surface area contributed by atoms with Crippen LogP contribution in [-0.4, -0.2) is 216 Å². The first-order valence-electron chi connectivity index (χ1n) is 38.7. The molecule has 34 heteroatoms. The van der Waals surface area contributed by atoms with Crippen LogP contribution < -0.4 is 69.5 Å². The monoisotopic (exact) mass is 1560 g/mol. The molecule has 1 aromatic carbocycles. The van der Waals surface area contributed by atoms with E-state index >= 15 is 9.59 Å². The molecule has 111 heavy (non-hydrogen) atoms. The lowest BCUT2D eigenvalue weighted by molar-refractivity contribution is -0.157. The van der Waals surface area contributed by atoms with Crippen LogP contribution in [0.3, 0.4) is 0 Å². The van der Waals surface area contributed by atoms with Gasteiger partial charge in [0.1, 0.15) is 90.9 Å². The molecule has 34 nitrogen and oxygen atoms in total. The van der Waals surface area contributed by atoms with Crippen molar-refractivity contribution in [2.45, 2.75) is 274 Å². The summed E-state index contributed by atoms with van der Waals surface area (Å²) in [5, 5.41) is 42.8. The zero-order chi connectivity index (χ0) is 83.8. The molecule has 2 saturated heterocycles. The summed E-state index contributed by atoms with van der Waals surface area (Å²) in [6.07, 6.45) is -1.08. The van der Waals surface area contributed by atoms with Gasteiger partial charge in [-0.2, -0.15) is 0 Å². The van der Waals surface area contributed by atoms with Crippen molar-refractivity contribution in [3.8, 4) is 0 Å². The van der Waals surface area contributed by atoms with E-state index in [-0.39, 0.29) is 83.4 Å². The Labute approximate surface area is 651 Å². The Bertz CT molecular complexity index is 3400. The van der Waals surface area contributed by atoms with Gasteiger partial charge in [-0.25, -0.2) is 4.79 Å². The third-order valence-corrected chi connectivity index (χ3v) is 19.5. The molecule has 0 aliphatic carbocycles. The fourth-order valence-corrected chi connectivity index (χ4v) is 12.2. The van der Waals surface area contributed by atoms with Gasteiger partial charge in [0.25, 0.3) is 5.91 Å². The number of nitrogens with zero attached hydrogens (tertiary/aromatic N) is 1. The number of likely N-dealkylation sites (tertiary alicyclic amines) is 1. The van der Waals surface area contributed by atoms with Crippen LogP contribution in [0.4, 0.5) is 0 Å². The molecule has 2 fully saturated rings. The number of hydrogen-bond donors (Lipinski definition) is 14. The molecule has 13 amide bonds. The average molecular weight is 1570 g/mol. The highest BCUT2D eigenvalue weighted by molar-refractivity contribution is 6.03. The lowest BCUT2D eigenvalue weighted by Gasteiger charge is -2.33. The second-order valence-electron chi connectivity index (χ2n) is 30.3. The summed E-state index contributed by atoms with van der Waals surface area (Å²) in [6, 6.07) is -8.19. The molecular formula is C77H124N14O20. The summed E-state index contributed by atoms with van der Waals surface area (Å²) in [5.74, 6) is -17.6. The van der Waals surface area contributed by atoms with Crippen molar-refractivity contribution in [3.05, 3.63) is 47.7 Å². The first-order valence-corrected chi connectivity index (χ1v) is 38.7. The van der Waals surface area contributed by atoms with Gasteiger partial charge in [-0.05, 0) is 106 Å². The molecule has 0 spiro atoms. The zero-order valence-corrected chi connectivity index (χ0v) is 67.7. The molecule has 3 rings (SSSR count). The van der Waals surface area contributed by atoms with Gasteiger partial charge in [0.2, 0.25) is 70.9 Å². The number of aliphatic hydroxyl groups is 1. The Morgan fingerprint density at radius 3 is 1.73 bits per heavy atom. The number of carbonyl (C=O) groups is 16. The maximum absolute atomic E-state index is 15.1. The predicted octanol–water partition coefficient (Wildman–Crippen LogP) is 0.287. The number of amides is 13. The van der Waals surface area contributed by atoms with Crippen LogP contribution >= 0.6 is 0 Å². The molecule has 16 atom stereocenters. The second kappa shape index (κ2) is 46.9. The van der Waals surface area contributed by atoms with Gasteiger partial charge in [-0.15, -0.1) is 0 Å². The number of esters is 3. The molecule has 0 saturated carbocycles. The van der Waals surface area contributed by atoms with Crippen LogP contribution in [0.5, 0.6) is 0 Å². The quantitative estimate of drug-likeness (QED) is 0.0186. The van der Waals surface area contributed by atoms with E-state index in [1.807, 2.05) is 0 Å². The number of ether oxygens (including phenoxy) is 3. The number of hydrogen-bond acceptors (Lipinski definition) is 21. The summed E-state index contributed by atoms with van der Waals surface area (Å²) < 4.78 is 15.7. The van der Waals surface area contributed by atoms with E-state index < -0.39 is 221 Å². The summed E-state index contributed by atoms with van der Waals surface area (Å²) in [5.41, 5.74) is 6.32. The molecule has 15 N–H and O–H groups in total. The summed E-state index contributed by atoms with van der Waals surface area (Å²) in [6.45, 7) is 28.1. The van der Waals surface area contributed by atoms with Crippen LogP contribution in [-0.2, 0) is 97.3 Å². The van der Waals surface area contributed by atoms with Crippen LogP contribution in [0, 0.1) is 41.4 Å². The minimum absolute atomic E-state index is 0.0415. The Balaban J connectivity index is 1.95. The summed E-state index contributed by atoms with van der Waals surface area (Å²) in [7, 11) is 0. The maximum atomic E-state index is 15.1. The highest BCUT2D eigenvalue weighted by Crippen LogP contribution is 2.23. The number of benzene rings is 1. The standard InChI is InChI=1S/C77H124N14O20/c1-19-44(14)61(73(104)90-64-47(17)111-77(108)60(43(12)13)86-65(96)50(21-3)79-67(98)52(38-49-28-23-22-24-29-49)81-69(100)57(40(6)7)83-72(103)62(45(15)20-2)88-75(64)106)87-66(97)51(30-25-34-78)80-68(99)53-31-26-35-91(53)76(107)59(42(10)11)85-71(102)58(41(8)9)84-74(105)63(46(16)92)89-70(101)56(39(4)5)82-54(94)32-27-36-110-55(95)33-37-109-48(18)93/h21-24,28-29,39-47,51-53,56-64,92H,19-20,25-27,30-38,78H2,1-18H3,(H,79,98)(H,80,99)(H,81,100)(H,82,94)(H,83,103)(H,84,105)(H,85,102)(H,86,96)(H,87,97)(H,88,106)(H,89,101)(H,90,104)/b50-21-/t44-,45-,46+,47+,51-,52-,53+,56+,57+,58-,59+,60-,61+,62+,63-,64+/m0/s1. The van der Waals surface area contributed by atoms with Gasteiger partial charge in [-0.3, -0.25) is 71.9 Å². The minimum atomic E-state index is -1.84. The van der Waals surface area contributed by atoms with E-state index in [4.69, 9.17) is 19.9 Å². The lowest BCUT2D eigenvalue weighted by Crippen LogP contribution is -2.64. The van der Waals surface area contributed by atoms with E-state index in [0.29, 0.717) is 18.4 Å². The van der Waals surface area contributed by atoms with Crippen molar-refractivity contribution in [3.63, 3.8) is 0 Å². The number of nitrogens with one attached hydrogen (secondary N) is 12. The summed E-state index contributed by atoms with van der Waals surface area (Å²) >= 11 is 0. The molecule has 0 radical (unpaired) electrons. The largest absolute Gasteiger partial charge is 0.466 e. The average Bonchev–Trinajstić information content (AvgIpc) is 1.77. The van der Waals surface area contributed by atoms with Gasteiger partial charge in [0, 0.05) is 26.3 Å². The molecule has 622 valence electrons. The fraction of sp³-hybridized carbons (Fsp3) is 0.688. The first kappa shape index (κ1) is 95.6. The molecule has 2 aliphatic heterocycles. The van der Waals surface area contributed by atoms with Crippen molar-refractivity contribution in [2.75, 3.05) is 26.3 Å². The summed E-state index contributed by atoms with van der Waals surface area (Å²) in [4.78, 5) is 225. The molecule has 0 bridgehead atoms. The molecule has 2 aliphatic rings. The highest BCUT2D eigenvalue weighted by Gasteiger charge is 2.45. The topological polar surface area (TPSA) is 495 Å². The molecule has 0 aromatic heterocycles. The molecule has 0 unspecified atom stereocenters. The third kappa shape index (κ3) is 30.2. The molecule has 1 aromatic rings. The number of aliphatic hydroxyl groups excluding tert-OH is 1. The van der Waals surface area contributed by atoms with Crippen molar-refractivity contribution >= 4 is 94.7 Å². The molecule has 2 heterocycles. The van der Waals surface area contributed by atoms with Gasteiger partial charge >= 0.3 is 17.9 Å². The second-order valence-corrected chi connectivity index (χ2v) is 30.3. The number of rotatable bonds is 36. The molecular weight excluding hydrogens is 1440 g/mol. The Morgan fingerprint density at radius 1 is 0.622 bits per heavy atom. The van der Waals surface area contributed by atoms with E-state index in [1.54, 1.807) is 127 Å². The van der Waals surface area contributed by atoms with Gasteiger partial charge in [0.15, 0.2) is 0 Å². The SMILES string of the molecule is C/C=C1\NC(=O)[C@H](Cc2ccccc2)NC(=O)[C@@H](C(C)C)NC(=O)[C@@H]([C@@H](C)CC)NC(=O)[C@H](NC(=O)[C@H](NC(=O)[C@H](CCCN)NC(=O)[C@H]2CCCN2C(=O)[C@H](NC(=O)[C@@H](NC(=O)[C@@H](NC(=O)[C@H](NC(=O)CCCOC(=O)CCOC(C)=O)C(C)C)[C@@H](C)O)C(C)C)C(C)C)[C@@H](C)CC)[C@@H](C)OC(=O)[C@H](C(C)C)NC1=O. The maximum Gasteiger partial charge on any atom is 0.329 e. The third-order valence-electron chi connectivity index (χ3n) is 19.5. The van der Waals surface area contributed by atoms with Crippen molar-refractivity contribution in [1.29, 1.82) is 0 Å². The Hall–Kier alpha value is -9.60. The normalized spacial score (nSPS) is 21.8. The smallest absolute Gasteiger partial charge is 0.329 e. The van der Waals surface area contributed by atoms with Crippen molar-refractivity contribution in [1.82, 2.24) is 68.7 Å². The van der Waals surface area contributed by atoms with E-state index in [0.717, 1.165) is 0 Å². The van der Waals surface area contributed by atoms with E-state index in [1.165, 1.54) is 38.7 Å². The van der Waals surface area contributed by atoms with Crippen LogP contribution in [0.2, 0.25) is 0 Å². The Morgan fingerprint density at radius 2 is 1.18 bits per heavy atom. The van der Waals surface area contributed by atoms with Crippen LogP contribution in [0.25, 0.3) is 0 Å². The van der Waals surface area contributed by atoms with E-state index in [9.17, 15) is 72.2 Å². The lowest BCUT2D eigenvalue weighted by atomic mass is 9.95. The van der Waals surface area contributed by atoms with Crippen LogP contribution in [0.15, 0.2) is 42.1 Å². The number of carbonyl (C=O) groups excluding carboxylic acids is 16. The number of nitrogens with two attached hydrogens (primary N) is 1. The fourth-order valence-electron chi connectivity index (χ4n) is 12.2. The van der Waals surface area contributed by atoms with Crippen molar-refractivity contribution in [2.24, 2.45) is 47.2 Å².